The highest BCUT2D eigenvalue weighted by atomic mass is 35.5. The molecule has 2 aromatic rings. The van der Waals surface area contributed by atoms with Crippen LogP contribution in [-0.2, 0) is 15.9 Å². The first-order valence-corrected chi connectivity index (χ1v) is 6.22. The molecule has 1 aromatic heterocycles. The number of methoxy groups -OCH3 is 2. The van der Waals surface area contributed by atoms with Crippen LogP contribution in [0.4, 0.5) is 0 Å². The van der Waals surface area contributed by atoms with E-state index in [4.69, 9.17) is 21.1 Å². The molecule has 0 fully saturated rings. The van der Waals surface area contributed by atoms with Crippen LogP contribution in [0.2, 0.25) is 5.02 Å². The highest BCUT2D eigenvalue weighted by Gasteiger charge is 2.11. The Labute approximate surface area is 117 Å². The Hall–Kier alpha value is -1.49. The van der Waals surface area contributed by atoms with E-state index < -0.39 is 6.29 Å². The van der Waals surface area contributed by atoms with Crippen LogP contribution >= 0.6 is 11.6 Å². The van der Waals surface area contributed by atoms with Crippen molar-refractivity contribution in [1.82, 2.24) is 9.97 Å². The van der Waals surface area contributed by atoms with Gasteiger partial charge in [0.25, 0.3) is 0 Å². The summed E-state index contributed by atoms with van der Waals surface area (Å²) < 4.78 is 10.4. The van der Waals surface area contributed by atoms with Gasteiger partial charge in [-0.1, -0.05) is 23.7 Å². The summed E-state index contributed by atoms with van der Waals surface area (Å²) in [6, 6.07) is 9.43. The Morgan fingerprint density at radius 3 is 2.68 bits per heavy atom. The minimum Gasteiger partial charge on any atom is -0.350 e. The standard InChI is InChI=1S/C14H15ClN2O2/c1-18-14(19-2)12-6-7-16-13(17-12)9-10-4-3-5-11(15)8-10/h3-8,14H,9H2,1-2H3. The molecule has 1 heterocycles. The third-order valence-corrected chi connectivity index (χ3v) is 2.88. The summed E-state index contributed by atoms with van der Waals surface area (Å²) in [7, 11) is 3.15. The Morgan fingerprint density at radius 1 is 1.21 bits per heavy atom. The lowest BCUT2D eigenvalue weighted by Crippen LogP contribution is -2.08. The predicted octanol–water partition coefficient (Wildman–Crippen LogP) is 3.01. The zero-order valence-corrected chi connectivity index (χ0v) is 11.6. The number of ether oxygens (including phenoxy) is 2. The van der Waals surface area contributed by atoms with Gasteiger partial charge in [0.1, 0.15) is 5.82 Å². The summed E-state index contributed by atoms with van der Waals surface area (Å²) in [6.45, 7) is 0. The van der Waals surface area contributed by atoms with Crippen molar-refractivity contribution in [2.24, 2.45) is 0 Å². The normalized spacial score (nSPS) is 10.9. The van der Waals surface area contributed by atoms with E-state index >= 15 is 0 Å². The summed E-state index contributed by atoms with van der Waals surface area (Å²) in [6.07, 6.45) is 1.85. The fourth-order valence-corrected chi connectivity index (χ4v) is 2.01. The first kappa shape index (κ1) is 13.9. The van der Waals surface area contributed by atoms with Gasteiger partial charge >= 0.3 is 0 Å². The molecule has 0 amide bonds. The molecule has 0 aliphatic carbocycles. The van der Waals surface area contributed by atoms with Gasteiger partial charge in [0.05, 0.1) is 5.69 Å². The quantitative estimate of drug-likeness (QED) is 0.789. The van der Waals surface area contributed by atoms with E-state index in [-0.39, 0.29) is 0 Å². The molecular weight excluding hydrogens is 264 g/mol. The number of nitrogens with zero attached hydrogens (tertiary/aromatic N) is 2. The number of benzene rings is 1. The van der Waals surface area contributed by atoms with Gasteiger partial charge < -0.3 is 9.47 Å². The van der Waals surface area contributed by atoms with E-state index in [9.17, 15) is 0 Å². The molecule has 4 nitrogen and oxygen atoms in total. The van der Waals surface area contributed by atoms with E-state index in [2.05, 4.69) is 9.97 Å². The van der Waals surface area contributed by atoms with Crippen LogP contribution in [-0.4, -0.2) is 24.2 Å². The lowest BCUT2D eigenvalue weighted by molar-refractivity contribution is -0.108. The van der Waals surface area contributed by atoms with Gasteiger partial charge in [-0.05, 0) is 23.8 Å². The maximum Gasteiger partial charge on any atom is 0.200 e. The predicted molar refractivity (Wildman–Crippen MR) is 73.0 cm³/mol. The molecule has 0 bridgehead atoms. The first-order chi connectivity index (χ1) is 9.22. The van der Waals surface area contributed by atoms with E-state index in [1.807, 2.05) is 24.3 Å². The van der Waals surface area contributed by atoms with Crippen molar-refractivity contribution in [2.75, 3.05) is 14.2 Å². The third kappa shape index (κ3) is 3.73. The average molecular weight is 279 g/mol. The van der Waals surface area contributed by atoms with Gasteiger partial charge in [-0.2, -0.15) is 0 Å². The second-order valence-corrected chi connectivity index (χ2v) is 4.44. The third-order valence-electron chi connectivity index (χ3n) is 2.65. The minimum absolute atomic E-state index is 0.471. The van der Waals surface area contributed by atoms with Crippen molar-refractivity contribution in [3.63, 3.8) is 0 Å². The molecular formula is C14H15ClN2O2. The number of aromatic nitrogens is 2. The molecule has 100 valence electrons. The topological polar surface area (TPSA) is 44.2 Å². The zero-order valence-electron chi connectivity index (χ0n) is 10.8. The van der Waals surface area contributed by atoms with Crippen molar-refractivity contribution in [3.8, 4) is 0 Å². The van der Waals surface area contributed by atoms with Crippen LogP contribution in [0.15, 0.2) is 36.5 Å². The van der Waals surface area contributed by atoms with E-state index in [1.54, 1.807) is 26.5 Å². The fraction of sp³-hybridized carbons (Fsp3) is 0.286. The molecule has 19 heavy (non-hydrogen) atoms. The molecule has 0 saturated carbocycles. The Morgan fingerprint density at radius 2 is 2.00 bits per heavy atom. The molecule has 0 aliphatic heterocycles. The van der Waals surface area contributed by atoms with Crippen LogP contribution in [0.3, 0.4) is 0 Å². The summed E-state index contributed by atoms with van der Waals surface area (Å²) in [5.74, 6) is 0.707. The van der Waals surface area contributed by atoms with Gasteiger partial charge in [-0.3, -0.25) is 0 Å². The average Bonchev–Trinajstić information content (AvgIpc) is 2.41. The summed E-state index contributed by atoms with van der Waals surface area (Å²) in [4.78, 5) is 8.69. The molecule has 0 N–H and O–H groups in total. The Balaban J connectivity index is 2.19. The molecule has 0 unspecified atom stereocenters. The maximum atomic E-state index is 5.96. The van der Waals surface area contributed by atoms with Crippen molar-refractivity contribution in [2.45, 2.75) is 12.7 Å². The molecule has 0 aliphatic rings. The highest BCUT2D eigenvalue weighted by Crippen LogP contribution is 2.16. The minimum atomic E-state index is -0.471. The molecule has 0 radical (unpaired) electrons. The van der Waals surface area contributed by atoms with Crippen LogP contribution in [0.1, 0.15) is 23.4 Å². The lowest BCUT2D eigenvalue weighted by Gasteiger charge is -2.13. The zero-order chi connectivity index (χ0) is 13.7. The molecule has 2 rings (SSSR count). The Bertz CT molecular complexity index is 544. The van der Waals surface area contributed by atoms with Crippen molar-refractivity contribution in [3.05, 3.63) is 58.6 Å². The van der Waals surface area contributed by atoms with Gasteiger partial charge in [0, 0.05) is 31.9 Å². The maximum absolute atomic E-state index is 5.96. The number of hydrogen-bond donors (Lipinski definition) is 0. The van der Waals surface area contributed by atoms with Crippen molar-refractivity contribution < 1.29 is 9.47 Å². The Kier molecular flexibility index (Phi) is 4.85. The van der Waals surface area contributed by atoms with Crippen LogP contribution in [0.5, 0.6) is 0 Å². The lowest BCUT2D eigenvalue weighted by atomic mass is 10.1. The molecule has 5 heteroatoms. The monoisotopic (exact) mass is 278 g/mol. The summed E-state index contributed by atoms with van der Waals surface area (Å²) in [5, 5.41) is 0.709. The van der Waals surface area contributed by atoms with Crippen molar-refractivity contribution in [1.29, 1.82) is 0 Å². The van der Waals surface area contributed by atoms with Gasteiger partial charge in [0.15, 0.2) is 0 Å². The van der Waals surface area contributed by atoms with Gasteiger partial charge in [0.2, 0.25) is 6.29 Å². The molecule has 1 aromatic carbocycles. The second kappa shape index (κ2) is 6.61. The van der Waals surface area contributed by atoms with Crippen LogP contribution in [0, 0.1) is 0 Å². The van der Waals surface area contributed by atoms with Crippen molar-refractivity contribution >= 4 is 11.6 Å². The van der Waals surface area contributed by atoms with E-state index in [0.717, 1.165) is 5.56 Å². The molecule has 0 spiro atoms. The highest BCUT2D eigenvalue weighted by molar-refractivity contribution is 6.30. The fourth-order valence-electron chi connectivity index (χ4n) is 1.80. The second-order valence-electron chi connectivity index (χ2n) is 4.01. The largest absolute Gasteiger partial charge is 0.350 e. The SMILES string of the molecule is COC(OC)c1ccnc(Cc2cccc(Cl)c2)n1. The summed E-state index contributed by atoms with van der Waals surface area (Å²) >= 11 is 5.96. The number of halogens is 1. The molecule has 0 saturated heterocycles. The van der Waals surface area contributed by atoms with E-state index in [0.29, 0.717) is 23.0 Å². The van der Waals surface area contributed by atoms with Gasteiger partial charge in [-0.15, -0.1) is 0 Å². The van der Waals surface area contributed by atoms with Crippen LogP contribution < -0.4 is 0 Å². The first-order valence-electron chi connectivity index (χ1n) is 5.85. The molecule has 0 atom stereocenters. The van der Waals surface area contributed by atoms with Gasteiger partial charge in [-0.25, -0.2) is 9.97 Å². The van der Waals surface area contributed by atoms with Crippen LogP contribution in [0.25, 0.3) is 0 Å². The summed E-state index contributed by atoms with van der Waals surface area (Å²) in [5.41, 5.74) is 1.77. The smallest absolute Gasteiger partial charge is 0.200 e. The van der Waals surface area contributed by atoms with E-state index in [1.165, 1.54) is 0 Å². The number of rotatable bonds is 5. The number of hydrogen-bond acceptors (Lipinski definition) is 4.